The van der Waals surface area contributed by atoms with E-state index in [1.165, 1.54) is 0 Å². The molecule has 1 amide bonds. The van der Waals surface area contributed by atoms with Crippen LogP contribution in [0.25, 0.3) is 0 Å². The molecular weight excluding hydrogens is 264 g/mol. The molecule has 0 aliphatic heterocycles. The van der Waals surface area contributed by atoms with E-state index in [0.717, 1.165) is 11.3 Å². The molecule has 0 fully saturated rings. The number of ether oxygens (including phenoxy) is 1. The molecule has 106 valence electrons. The van der Waals surface area contributed by atoms with Gasteiger partial charge in [-0.25, -0.2) is 0 Å². The van der Waals surface area contributed by atoms with E-state index >= 15 is 0 Å². The van der Waals surface area contributed by atoms with Crippen molar-refractivity contribution in [1.29, 1.82) is 5.26 Å². The zero-order valence-electron chi connectivity index (χ0n) is 12.0. The van der Waals surface area contributed by atoms with Gasteiger partial charge in [0.05, 0.1) is 18.7 Å². The molecule has 0 saturated heterocycles. The van der Waals surface area contributed by atoms with Crippen molar-refractivity contribution in [3.05, 3.63) is 65.2 Å². The summed E-state index contributed by atoms with van der Waals surface area (Å²) in [6.45, 7) is 0.444. The number of para-hydroxylation sites is 1. The van der Waals surface area contributed by atoms with Crippen molar-refractivity contribution in [3.63, 3.8) is 0 Å². The third-order valence-corrected chi connectivity index (χ3v) is 3.19. The van der Waals surface area contributed by atoms with Crippen molar-refractivity contribution in [2.24, 2.45) is 0 Å². The van der Waals surface area contributed by atoms with Crippen LogP contribution in [0.2, 0.25) is 0 Å². The van der Waals surface area contributed by atoms with Gasteiger partial charge in [-0.15, -0.1) is 0 Å². The fraction of sp³-hybridized carbons (Fsp3) is 0.176. The van der Waals surface area contributed by atoms with Crippen LogP contribution in [-0.4, -0.2) is 25.0 Å². The second-order valence-electron chi connectivity index (χ2n) is 4.67. The third-order valence-electron chi connectivity index (χ3n) is 3.19. The van der Waals surface area contributed by atoms with Crippen molar-refractivity contribution < 1.29 is 9.53 Å². The smallest absolute Gasteiger partial charge is 0.253 e. The van der Waals surface area contributed by atoms with Crippen molar-refractivity contribution in [3.8, 4) is 11.8 Å². The molecule has 4 heteroatoms. The second kappa shape index (κ2) is 6.58. The number of carbonyl (C=O) groups excluding carboxylic acids is 1. The van der Waals surface area contributed by atoms with Crippen LogP contribution in [0.15, 0.2) is 48.5 Å². The molecule has 4 nitrogen and oxygen atoms in total. The van der Waals surface area contributed by atoms with Gasteiger partial charge in [0.25, 0.3) is 5.91 Å². The van der Waals surface area contributed by atoms with E-state index in [9.17, 15) is 4.79 Å². The zero-order valence-corrected chi connectivity index (χ0v) is 12.0. The standard InChI is InChI=1S/C17H16N2O2/c1-19(12-15-7-3-4-9-16(15)21-2)17(20)14-8-5-6-13(10-14)11-18/h3-10H,12H2,1-2H3. The molecule has 0 aliphatic carbocycles. The molecule has 2 aromatic carbocycles. The number of benzene rings is 2. The van der Waals surface area contributed by atoms with Gasteiger partial charge >= 0.3 is 0 Å². The van der Waals surface area contributed by atoms with Crippen LogP contribution in [-0.2, 0) is 6.54 Å². The Kier molecular flexibility index (Phi) is 4.57. The van der Waals surface area contributed by atoms with Crippen LogP contribution in [0.1, 0.15) is 21.5 Å². The number of rotatable bonds is 4. The topological polar surface area (TPSA) is 53.3 Å². The Labute approximate surface area is 124 Å². The summed E-state index contributed by atoms with van der Waals surface area (Å²) >= 11 is 0. The van der Waals surface area contributed by atoms with Crippen LogP contribution in [0, 0.1) is 11.3 Å². The van der Waals surface area contributed by atoms with E-state index in [-0.39, 0.29) is 5.91 Å². The lowest BCUT2D eigenvalue weighted by molar-refractivity contribution is 0.0784. The van der Waals surface area contributed by atoms with E-state index in [0.29, 0.717) is 17.7 Å². The highest BCUT2D eigenvalue weighted by Crippen LogP contribution is 2.19. The molecule has 0 saturated carbocycles. The van der Waals surface area contributed by atoms with E-state index in [4.69, 9.17) is 10.00 Å². The maximum atomic E-state index is 12.4. The first kappa shape index (κ1) is 14.6. The van der Waals surface area contributed by atoms with Crippen molar-refractivity contribution >= 4 is 5.91 Å². The lowest BCUT2D eigenvalue weighted by Gasteiger charge is -2.19. The maximum absolute atomic E-state index is 12.4. The number of nitriles is 1. The van der Waals surface area contributed by atoms with E-state index in [1.807, 2.05) is 30.3 Å². The number of nitrogens with zero attached hydrogens (tertiary/aromatic N) is 2. The monoisotopic (exact) mass is 280 g/mol. The van der Waals surface area contributed by atoms with Crippen LogP contribution >= 0.6 is 0 Å². The van der Waals surface area contributed by atoms with Crippen LogP contribution < -0.4 is 4.74 Å². The van der Waals surface area contributed by atoms with Crippen LogP contribution in [0.4, 0.5) is 0 Å². The lowest BCUT2D eigenvalue weighted by atomic mass is 10.1. The summed E-state index contributed by atoms with van der Waals surface area (Å²) in [4.78, 5) is 14.0. The highest BCUT2D eigenvalue weighted by molar-refractivity contribution is 5.94. The third kappa shape index (κ3) is 3.40. The summed E-state index contributed by atoms with van der Waals surface area (Å²) in [6, 6.07) is 16.3. The molecule has 0 unspecified atom stereocenters. The van der Waals surface area contributed by atoms with E-state index < -0.39 is 0 Å². The average Bonchev–Trinajstić information content (AvgIpc) is 2.54. The molecule has 0 atom stereocenters. The number of carbonyl (C=O) groups is 1. The highest BCUT2D eigenvalue weighted by atomic mass is 16.5. The van der Waals surface area contributed by atoms with Gasteiger partial charge in [0.2, 0.25) is 0 Å². The minimum absolute atomic E-state index is 0.127. The summed E-state index contributed by atoms with van der Waals surface area (Å²) in [6.07, 6.45) is 0. The van der Waals surface area contributed by atoms with Gasteiger partial charge in [0.15, 0.2) is 0 Å². The summed E-state index contributed by atoms with van der Waals surface area (Å²) in [5.41, 5.74) is 1.92. The first-order valence-electron chi connectivity index (χ1n) is 6.53. The molecular formula is C17H16N2O2. The van der Waals surface area contributed by atoms with Gasteiger partial charge in [-0.05, 0) is 24.3 Å². The van der Waals surface area contributed by atoms with Crippen LogP contribution in [0.3, 0.4) is 0 Å². The van der Waals surface area contributed by atoms with E-state index in [2.05, 4.69) is 0 Å². The van der Waals surface area contributed by atoms with Gasteiger partial charge in [-0.2, -0.15) is 5.26 Å². The fourth-order valence-corrected chi connectivity index (χ4v) is 2.10. The van der Waals surface area contributed by atoms with Gasteiger partial charge in [0.1, 0.15) is 5.75 Å². The molecule has 0 heterocycles. The molecule has 21 heavy (non-hydrogen) atoms. The Morgan fingerprint density at radius 3 is 2.71 bits per heavy atom. The normalized spacial score (nSPS) is 9.76. The molecule has 0 radical (unpaired) electrons. The van der Waals surface area contributed by atoms with Crippen LogP contribution in [0.5, 0.6) is 5.75 Å². The zero-order chi connectivity index (χ0) is 15.2. The summed E-state index contributed by atoms with van der Waals surface area (Å²) in [5.74, 6) is 0.626. The number of hydrogen-bond donors (Lipinski definition) is 0. The van der Waals surface area contributed by atoms with Crippen molar-refractivity contribution in [2.45, 2.75) is 6.54 Å². The Balaban J connectivity index is 2.18. The minimum Gasteiger partial charge on any atom is -0.496 e. The molecule has 0 bridgehead atoms. The Bertz CT molecular complexity index is 689. The molecule has 0 N–H and O–H groups in total. The van der Waals surface area contributed by atoms with Gasteiger partial charge < -0.3 is 9.64 Å². The molecule has 2 aromatic rings. The summed E-state index contributed by atoms with van der Waals surface area (Å²) in [7, 11) is 3.34. The largest absolute Gasteiger partial charge is 0.496 e. The van der Waals surface area contributed by atoms with Gasteiger partial charge in [-0.3, -0.25) is 4.79 Å². The molecule has 0 aliphatic rings. The molecule has 0 aromatic heterocycles. The Morgan fingerprint density at radius 2 is 2.00 bits per heavy atom. The van der Waals surface area contributed by atoms with Gasteiger partial charge in [-0.1, -0.05) is 24.3 Å². The Hall–Kier alpha value is -2.80. The minimum atomic E-state index is -0.127. The predicted octanol–water partition coefficient (Wildman–Crippen LogP) is 2.84. The second-order valence-corrected chi connectivity index (χ2v) is 4.67. The lowest BCUT2D eigenvalue weighted by Crippen LogP contribution is -2.26. The van der Waals surface area contributed by atoms with Gasteiger partial charge in [0, 0.05) is 24.7 Å². The first-order chi connectivity index (χ1) is 10.2. The van der Waals surface area contributed by atoms with Crippen molar-refractivity contribution in [2.75, 3.05) is 14.2 Å². The quantitative estimate of drug-likeness (QED) is 0.865. The van der Waals surface area contributed by atoms with Crippen molar-refractivity contribution in [1.82, 2.24) is 4.90 Å². The summed E-state index contributed by atoms with van der Waals surface area (Å²) in [5, 5.41) is 8.89. The first-order valence-corrected chi connectivity index (χ1v) is 6.53. The number of hydrogen-bond acceptors (Lipinski definition) is 3. The highest BCUT2D eigenvalue weighted by Gasteiger charge is 2.14. The Morgan fingerprint density at radius 1 is 1.24 bits per heavy atom. The molecule has 2 rings (SSSR count). The average molecular weight is 280 g/mol. The SMILES string of the molecule is COc1ccccc1CN(C)C(=O)c1cccc(C#N)c1. The summed E-state index contributed by atoms with van der Waals surface area (Å²) < 4.78 is 5.29. The molecule has 0 spiro atoms. The predicted molar refractivity (Wildman–Crippen MR) is 79.9 cm³/mol. The maximum Gasteiger partial charge on any atom is 0.253 e. The fourth-order valence-electron chi connectivity index (χ4n) is 2.10. The number of amides is 1. The number of methoxy groups -OCH3 is 1. The van der Waals surface area contributed by atoms with E-state index in [1.54, 1.807) is 43.3 Å².